The third-order valence-electron chi connectivity index (χ3n) is 5.89. The molecule has 7 heteroatoms. The Morgan fingerprint density at radius 1 is 1.09 bits per heavy atom. The van der Waals surface area contributed by atoms with Crippen molar-refractivity contribution in [2.45, 2.75) is 57.4 Å². The summed E-state index contributed by atoms with van der Waals surface area (Å²) in [5, 5.41) is 5.06. The minimum Gasteiger partial charge on any atom is -0.469 e. The van der Waals surface area contributed by atoms with Crippen LogP contribution in [0.1, 0.15) is 51.4 Å². The highest BCUT2D eigenvalue weighted by molar-refractivity contribution is 6.02. The fourth-order valence-electron chi connectivity index (χ4n) is 4.19. The summed E-state index contributed by atoms with van der Waals surface area (Å²) in [5.41, 5.74) is -0.914. The van der Waals surface area contributed by atoms with Gasteiger partial charge >= 0.3 is 5.97 Å². The molecule has 1 atom stereocenters. The first-order valence-corrected chi connectivity index (χ1v) is 8.14. The van der Waals surface area contributed by atoms with Gasteiger partial charge < -0.3 is 10.1 Å². The summed E-state index contributed by atoms with van der Waals surface area (Å²) in [5.74, 6) is -1.01. The summed E-state index contributed by atoms with van der Waals surface area (Å²) in [6.45, 7) is 0. The standard InChI is InChI=1S/C16H22N2O5/c1-23-14(22)16-7-4-15(5-8-16,6-9-16)13(21)17-10-2-3-11(19)18-12(10)20/h10H,2-9H2,1H3,(H,17,21)(H,18,19,20). The van der Waals surface area contributed by atoms with Crippen molar-refractivity contribution in [2.24, 2.45) is 10.8 Å². The molecule has 0 aromatic heterocycles. The summed E-state index contributed by atoms with van der Waals surface area (Å²) in [7, 11) is 1.41. The van der Waals surface area contributed by atoms with Crippen LogP contribution in [-0.4, -0.2) is 36.8 Å². The zero-order valence-electron chi connectivity index (χ0n) is 13.3. The second-order valence-corrected chi connectivity index (χ2v) is 7.03. The second kappa shape index (κ2) is 5.62. The predicted octanol–water partition coefficient (Wildman–Crippen LogP) is 0.421. The van der Waals surface area contributed by atoms with Gasteiger partial charge in [-0.2, -0.15) is 0 Å². The van der Waals surface area contributed by atoms with Gasteiger partial charge in [0.1, 0.15) is 6.04 Å². The summed E-state index contributed by atoms with van der Waals surface area (Å²) in [4.78, 5) is 47.7. The molecule has 126 valence electrons. The third-order valence-corrected chi connectivity index (χ3v) is 5.89. The Morgan fingerprint density at radius 2 is 1.65 bits per heavy atom. The van der Waals surface area contributed by atoms with Crippen molar-refractivity contribution in [3.63, 3.8) is 0 Å². The summed E-state index contributed by atoms with van der Waals surface area (Å²) in [6.07, 6.45) is 4.48. The molecule has 1 unspecified atom stereocenters. The van der Waals surface area contributed by atoms with Crippen molar-refractivity contribution in [3.8, 4) is 0 Å². The van der Waals surface area contributed by atoms with Crippen molar-refractivity contribution in [2.75, 3.05) is 7.11 Å². The van der Waals surface area contributed by atoms with Gasteiger partial charge in [0.2, 0.25) is 17.7 Å². The molecule has 3 amide bonds. The lowest BCUT2D eigenvalue weighted by Crippen LogP contribution is -2.58. The molecule has 23 heavy (non-hydrogen) atoms. The Hall–Kier alpha value is -1.92. The molecule has 1 saturated heterocycles. The van der Waals surface area contributed by atoms with E-state index in [-0.39, 0.29) is 24.2 Å². The highest BCUT2D eigenvalue weighted by Crippen LogP contribution is 2.57. The van der Waals surface area contributed by atoms with E-state index in [4.69, 9.17) is 4.74 Å². The van der Waals surface area contributed by atoms with Crippen LogP contribution >= 0.6 is 0 Å². The van der Waals surface area contributed by atoms with Gasteiger partial charge in [0.05, 0.1) is 12.5 Å². The molecule has 3 aliphatic carbocycles. The molecule has 4 fully saturated rings. The number of carbonyl (C=O) groups is 4. The van der Waals surface area contributed by atoms with Crippen LogP contribution in [0.25, 0.3) is 0 Å². The number of rotatable bonds is 3. The Bertz CT molecular complexity index is 546. The molecule has 4 aliphatic rings. The normalized spacial score (nSPS) is 36.3. The first-order chi connectivity index (χ1) is 10.9. The zero-order chi connectivity index (χ0) is 16.7. The quantitative estimate of drug-likeness (QED) is 0.579. The maximum atomic E-state index is 12.7. The first-order valence-electron chi connectivity index (χ1n) is 8.14. The molecule has 0 radical (unpaired) electrons. The molecular weight excluding hydrogens is 300 g/mol. The number of nitrogens with one attached hydrogen (secondary N) is 2. The molecule has 2 bridgehead atoms. The molecule has 1 heterocycles. The Morgan fingerprint density at radius 3 is 2.17 bits per heavy atom. The Balaban J connectivity index is 1.65. The summed E-state index contributed by atoms with van der Waals surface area (Å²) >= 11 is 0. The maximum Gasteiger partial charge on any atom is 0.311 e. The van der Waals surface area contributed by atoms with E-state index in [1.165, 1.54) is 7.11 Å². The number of hydrogen-bond donors (Lipinski definition) is 2. The molecule has 7 nitrogen and oxygen atoms in total. The average Bonchev–Trinajstić information content (AvgIpc) is 2.58. The van der Waals surface area contributed by atoms with E-state index in [2.05, 4.69) is 10.6 Å². The molecule has 2 N–H and O–H groups in total. The van der Waals surface area contributed by atoms with E-state index in [9.17, 15) is 19.2 Å². The maximum absolute atomic E-state index is 12.7. The number of hydrogen-bond acceptors (Lipinski definition) is 5. The van der Waals surface area contributed by atoms with Gasteiger partial charge in [0.15, 0.2) is 0 Å². The molecule has 0 spiro atoms. The van der Waals surface area contributed by atoms with E-state index in [0.717, 1.165) is 0 Å². The minimum atomic E-state index is -0.635. The number of ether oxygens (including phenoxy) is 1. The van der Waals surface area contributed by atoms with Crippen LogP contribution in [0.4, 0.5) is 0 Å². The largest absolute Gasteiger partial charge is 0.469 e. The first kappa shape index (κ1) is 16.0. The molecule has 1 aliphatic heterocycles. The van der Waals surface area contributed by atoms with Gasteiger partial charge in [-0.15, -0.1) is 0 Å². The zero-order valence-corrected chi connectivity index (χ0v) is 13.3. The number of fused-ring (bicyclic) bond motifs is 3. The average molecular weight is 322 g/mol. The number of imide groups is 1. The summed E-state index contributed by atoms with van der Waals surface area (Å²) in [6, 6.07) is -0.635. The lowest BCUT2D eigenvalue weighted by Gasteiger charge is -2.50. The van der Waals surface area contributed by atoms with Crippen LogP contribution in [0, 0.1) is 10.8 Å². The number of piperidine rings is 1. The SMILES string of the molecule is COC(=O)C12CCC(C(=O)NC3CCC(=O)NC3=O)(CC1)CC2. The monoisotopic (exact) mass is 322 g/mol. The number of amides is 3. The highest BCUT2D eigenvalue weighted by Gasteiger charge is 2.56. The van der Waals surface area contributed by atoms with E-state index in [1.807, 2.05) is 0 Å². The molecular formula is C16H22N2O5. The van der Waals surface area contributed by atoms with Crippen molar-refractivity contribution < 1.29 is 23.9 Å². The van der Waals surface area contributed by atoms with Crippen molar-refractivity contribution >= 4 is 23.7 Å². The fourth-order valence-corrected chi connectivity index (χ4v) is 4.19. The van der Waals surface area contributed by atoms with Gasteiger partial charge in [0.25, 0.3) is 0 Å². The van der Waals surface area contributed by atoms with Crippen molar-refractivity contribution in [3.05, 3.63) is 0 Å². The third kappa shape index (κ3) is 2.62. The predicted molar refractivity (Wildman–Crippen MR) is 78.9 cm³/mol. The smallest absolute Gasteiger partial charge is 0.311 e. The fraction of sp³-hybridized carbons (Fsp3) is 0.750. The van der Waals surface area contributed by atoms with E-state index in [1.54, 1.807) is 0 Å². The number of carbonyl (C=O) groups excluding carboxylic acids is 4. The van der Waals surface area contributed by atoms with Gasteiger partial charge in [-0.05, 0) is 44.9 Å². The Labute approximate surface area is 134 Å². The van der Waals surface area contributed by atoms with Gasteiger partial charge in [-0.1, -0.05) is 0 Å². The van der Waals surface area contributed by atoms with E-state index in [0.29, 0.717) is 44.9 Å². The van der Waals surface area contributed by atoms with Gasteiger partial charge in [-0.25, -0.2) is 0 Å². The molecule has 3 saturated carbocycles. The Kier molecular flexibility index (Phi) is 3.90. The van der Waals surface area contributed by atoms with Crippen LogP contribution < -0.4 is 10.6 Å². The van der Waals surface area contributed by atoms with Crippen LogP contribution in [-0.2, 0) is 23.9 Å². The number of esters is 1. The van der Waals surface area contributed by atoms with Gasteiger partial charge in [-0.3, -0.25) is 24.5 Å². The minimum absolute atomic E-state index is 0.120. The summed E-state index contributed by atoms with van der Waals surface area (Å²) < 4.78 is 4.92. The van der Waals surface area contributed by atoms with Crippen LogP contribution in [0.15, 0.2) is 0 Å². The topological polar surface area (TPSA) is 102 Å². The molecule has 0 aromatic rings. The van der Waals surface area contributed by atoms with Crippen LogP contribution in [0.5, 0.6) is 0 Å². The van der Waals surface area contributed by atoms with Crippen LogP contribution in [0.2, 0.25) is 0 Å². The lowest BCUT2D eigenvalue weighted by molar-refractivity contribution is -0.166. The van der Waals surface area contributed by atoms with E-state index >= 15 is 0 Å². The van der Waals surface area contributed by atoms with Crippen molar-refractivity contribution in [1.82, 2.24) is 10.6 Å². The number of methoxy groups -OCH3 is 1. The van der Waals surface area contributed by atoms with Crippen LogP contribution in [0.3, 0.4) is 0 Å². The highest BCUT2D eigenvalue weighted by atomic mass is 16.5. The lowest BCUT2D eigenvalue weighted by atomic mass is 9.53. The molecule has 0 aromatic carbocycles. The molecule has 4 rings (SSSR count). The van der Waals surface area contributed by atoms with Gasteiger partial charge in [0, 0.05) is 11.8 Å². The second-order valence-electron chi connectivity index (χ2n) is 7.03. The van der Waals surface area contributed by atoms with E-state index < -0.39 is 22.8 Å². The van der Waals surface area contributed by atoms with Crippen molar-refractivity contribution in [1.29, 1.82) is 0 Å².